The van der Waals surface area contributed by atoms with Gasteiger partial charge >= 0.3 is 0 Å². The highest BCUT2D eigenvalue weighted by Gasteiger charge is 2.53. The summed E-state index contributed by atoms with van der Waals surface area (Å²) < 4.78 is 7.11. The highest BCUT2D eigenvalue weighted by Crippen LogP contribution is 2.65. The number of anilines is 2. The molecule has 1 spiro atoms. The molecule has 6 aromatic carbocycles. The van der Waals surface area contributed by atoms with Crippen molar-refractivity contribution in [2.24, 2.45) is 5.41 Å². The van der Waals surface area contributed by atoms with Crippen LogP contribution in [0.3, 0.4) is 0 Å². The monoisotopic (exact) mass is 687 g/mol. The quantitative estimate of drug-likeness (QED) is 0.184. The minimum atomic E-state index is -0.483. The molecule has 2 heteroatoms. The maximum atomic E-state index is 7.11. The molecular formula is C51H45NO. The Labute approximate surface area is 313 Å². The topological polar surface area (TPSA) is 16.4 Å². The third-order valence-corrected chi connectivity index (χ3v) is 12.2. The van der Waals surface area contributed by atoms with Crippen molar-refractivity contribution in [2.75, 3.05) is 4.90 Å². The normalized spacial score (nSPS) is 15.6. The van der Waals surface area contributed by atoms with Gasteiger partial charge in [-0.2, -0.15) is 0 Å². The molecule has 0 atom stereocenters. The van der Waals surface area contributed by atoms with Gasteiger partial charge in [-0.3, -0.25) is 0 Å². The molecule has 7 aromatic rings. The second-order valence-corrected chi connectivity index (χ2v) is 17.2. The van der Waals surface area contributed by atoms with Crippen LogP contribution in [0.25, 0.3) is 44.2 Å². The van der Waals surface area contributed by atoms with Crippen molar-refractivity contribution in [2.45, 2.75) is 65.2 Å². The Hall–Kier alpha value is -5.60. The molecule has 3 aliphatic rings. The first-order chi connectivity index (χ1) is 25.6. The lowest BCUT2D eigenvalue weighted by atomic mass is 9.70. The van der Waals surface area contributed by atoms with Crippen LogP contribution in [0.1, 0.15) is 82.2 Å². The van der Waals surface area contributed by atoms with Crippen LogP contribution in [-0.2, 0) is 10.8 Å². The van der Waals surface area contributed by atoms with Crippen LogP contribution in [-0.4, -0.2) is 0 Å². The molecule has 0 aliphatic heterocycles. The second-order valence-electron chi connectivity index (χ2n) is 17.2. The van der Waals surface area contributed by atoms with Crippen molar-refractivity contribution in [3.05, 3.63) is 179 Å². The van der Waals surface area contributed by atoms with Crippen molar-refractivity contribution in [3.63, 3.8) is 0 Å². The summed E-state index contributed by atoms with van der Waals surface area (Å²) in [5.74, 6) is 0. The number of rotatable bonds is 3. The van der Waals surface area contributed by atoms with Gasteiger partial charge in [-0.1, -0.05) is 156 Å². The third kappa shape index (κ3) is 4.51. The average molecular weight is 688 g/mol. The smallest absolute Gasteiger partial charge is 0.145 e. The van der Waals surface area contributed by atoms with Crippen LogP contribution in [0.2, 0.25) is 0 Å². The van der Waals surface area contributed by atoms with Gasteiger partial charge in [0.1, 0.15) is 11.2 Å². The van der Waals surface area contributed by atoms with Crippen LogP contribution in [0.4, 0.5) is 11.4 Å². The van der Waals surface area contributed by atoms with Gasteiger partial charge in [-0.05, 0) is 98.5 Å². The highest BCUT2D eigenvalue weighted by molar-refractivity contribution is 6.19. The minimum Gasteiger partial charge on any atom is -0.455 e. The van der Waals surface area contributed by atoms with E-state index >= 15 is 0 Å². The summed E-state index contributed by atoms with van der Waals surface area (Å²) in [4.78, 5) is 2.55. The summed E-state index contributed by atoms with van der Waals surface area (Å²) in [5, 5.41) is 2.31. The Morgan fingerprint density at radius 2 is 1.15 bits per heavy atom. The van der Waals surface area contributed by atoms with Gasteiger partial charge in [0.25, 0.3) is 0 Å². The van der Waals surface area contributed by atoms with Crippen LogP contribution in [0.5, 0.6) is 0 Å². The van der Waals surface area contributed by atoms with Crippen molar-refractivity contribution in [1.82, 2.24) is 0 Å². The van der Waals surface area contributed by atoms with E-state index in [0.29, 0.717) is 0 Å². The van der Waals surface area contributed by atoms with Gasteiger partial charge in [-0.25, -0.2) is 0 Å². The van der Waals surface area contributed by atoms with Crippen molar-refractivity contribution >= 4 is 33.3 Å². The van der Waals surface area contributed by atoms with Gasteiger partial charge in [0.2, 0.25) is 0 Å². The molecule has 0 N–H and O–H groups in total. The molecule has 0 bridgehead atoms. The number of para-hydroxylation sites is 1. The fraction of sp³-hybridized carbons (Fsp3) is 0.216. The van der Waals surface area contributed by atoms with Gasteiger partial charge in [0.05, 0.1) is 16.5 Å². The molecule has 260 valence electrons. The maximum absolute atomic E-state index is 7.11. The zero-order valence-electron chi connectivity index (χ0n) is 31.5. The Kier molecular flexibility index (Phi) is 6.78. The van der Waals surface area contributed by atoms with Crippen LogP contribution >= 0.6 is 0 Å². The Morgan fingerprint density at radius 1 is 0.566 bits per heavy atom. The number of furan rings is 1. The van der Waals surface area contributed by atoms with Gasteiger partial charge in [0, 0.05) is 22.3 Å². The summed E-state index contributed by atoms with van der Waals surface area (Å²) in [6.07, 6.45) is 6.75. The largest absolute Gasteiger partial charge is 0.455 e. The second kappa shape index (κ2) is 11.2. The third-order valence-electron chi connectivity index (χ3n) is 12.2. The van der Waals surface area contributed by atoms with E-state index in [9.17, 15) is 0 Å². The molecule has 0 amide bonds. The van der Waals surface area contributed by atoms with E-state index in [4.69, 9.17) is 4.42 Å². The number of allylic oxidation sites excluding steroid dienone is 4. The summed E-state index contributed by atoms with van der Waals surface area (Å²) in [6.45, 7) is 13.9. The molecule has 0 fully saturated rings. The van der Waals surface area contributed by atoms with E-state index in [2.05, 4.69) is 186 Å². The lowest BCUT2D eigenvalue weighted by Gasteiger charge is -2.35. The van der Waals surface area contributed by atoms with Crippen molar-refractivity contribution in [1.29, 1.82) is 0 Å². The van der Waals surface area contributed by atoms with Crippen LogP contribution in [0, 0.1) is 5.41 Å². The maximum Gasteiger partial charge on any atom is 0.145 e. The summed E-state index contributed by atoms with van der Waals surface area (Å²) in [5.41, 5.74) is 18.4. The van der Waals surface area contributed by atoms with E-state index in [-0.39, 0.29) is 10.8 Å². The van der Waals surface area contributed by atoms with E-state index < -0.39 is 5.41 Å². The summed E-state index contributed by atoms with van der Waals surface area (Å²) in [7, 11) is 0. The Balaban J connectivity index is 1.35. The average Bonchev–Trinajstić information content (AvgIpc) is 3.79. The van der Waals surface area contributed by atoms with E-state index in [1.807, 2.05) is 0 Å². The van der Waals surface area contributed by atoms with Gasteiger partial charge in [-0.15, -0.1) is 0 Å². The lowest BCUT2D eigenvalue weighted by Crippen LogP contribution is -2.26. The predicted octanol–water partition coefficient (Wildman–Crippen LogP) is 14.0. The zero-order chi connectivity index (χ0) is 36.3. The lowest BCUT2D eigenvalue weighted by molar-refractivity contribution is 0.479. The van der Waals surface area contributed by atoms with Crippen LogP contribution < -0.4 is 4.90 Å². The predicted molar refractivity (Wildman–Crippen MR) is 222 cm³/mol. The molecule has 0 saturated heterocycles. The number of benzene rings is 6. The molecule has 53 heavy (non-hydrogen) atoms. The zero-order valence-corrected chi connectivity index (χ0v) is 31.5. The number of hydrogen-bond donors (Lipinski definition) is 0. The fourth-order valence-corrected chi connectivity index (χ4v) is 9.61. The standard InChI is InChI=1S/C51H45NO/c1-49(2,3)32-23-27-34(28-24-32)52(35-29-25-33(26-30-35)50(4,5)6)44-31-43-46(48-47(44)39-18-10-14-22-45(39)53-48)38-17-9-13-21-42(38)51(43)40-19-11-7-15-36(40)37-16-8-12-20-41(37)51/h7-25,27-29,31H,26,30H2,1-6H3. The van der Waals surface area contributed by atoms with E-state index in [1.165, 1.54) is 72.7 Å². The molecule has 1 aromatic heterocycles. The van der Waals surface area contributed by atoms with Crippen LogP contribution in [0.15, 0.2) is 155 Å². The number of hydrogen-bond acceptors (Lipinski definition) is 2. The van der Waals surface area contributed by atoms with E-state index in [1.54, 1.807) is 0 Å². The van der Waals surface area contributed by atoms with Gasteiger partial charge < -0.3 is 9.32 Å². The number of fused-ring (bicyclic) bond motifs is 14. The minimum absolute atomic E-state index is 0.0564. The molecule has 3 aliphatic carbocycles. The summed E-state index contributed by atoms with van der Waals surface area (Å²) in [6, 6.07) is 47.6. The number of nitrogens with zero attached hydrogens (tertiary/aromatic N) is 1. The first-order valence-electron chi connectivity index (χ1n) is 19.2. The Morgan fingerprint density at radius 3 is 1.75 bits per heavy atom. The fourth-order valence-electron chi connectivity index (χ4n) is 9.61. The molecule has 0 radical (unpaired) electrons. The SMILES string of the molecule is CC(C)(C)C1=CC=C(N(c2ccc(C(C)(C)C)cc2)c2cc3c(c4oc5ccccc5c24)-c2ccccc2C32c3ccccc3-c3ccccc32)CC1. The first kappa shape index (κ1) is 32.1. The molecule has 0 saturated carbocycles. The molecule has 0 unspecified atom stereocenters. The van der Waals surface area contributed by atoms with Crippen molar-refractivity contribution in [3.8, 4) is 22.3 Å². The molecule has 1 heterocycles. The first-order valence-corrected chi connectivity index (χ1v) is 19.2. The van der Waals surface area contributed by atoms with Gasteiger partial charge in [0.15, 0.2) is 0 Å². The molecule has 10 rings (SSSR count). The highest BCUT2D eigenvalue weighted by atomic mass is 16.3. The molecule has 2 nitrogen and oxygen atoms in total. The summed E-state index contributed by atoms with van der Waals surface area (Å²) >= 11 is 0. The Bertz CT molecular complexity index is 2640. The molecular weight excluding hydrogens is 643 g/mol. The van der Waals surface area contributed by atoms with Crippen molar-refractivity contribution < 1.29 is 4.42 Å². The van der Waals surface area contributed by atoms with E-state index in [0.717, 1.165) is 34.8 Å².